The van der Waals surface area contributed by atoms with Gasteiger partial charge in [-0.2, -0.15) is 0 Å². The Kier molecular flexibility index (Phi) is 3.66. The second-order valence-electron chi connectivity index (χ2n) is 3.36. The van der Waals surface area contributed by atoms with Gasteiger partial charge in [-0.25, -0.2) is 0 Å². The van der Waals surface area contributed by atoms with Gasteiger partial charge >= 0.3 is 0 Å². The fourth-order valence-electron chi connectivity index (χ4n) is 0.854. The molecule has 0 spiro atoms. The Morgan fingerprint density at radius 3 is 2.54 bits per heavy atom. The molecule has 1 rings (SSSR count). The number of carbonyl (C=O) groups excluding carboxylic acids is 1. The van der Waals surface area contributed by atoms with Gasteiger partial charge in [-0.05, 0) is 6.92 Å². The van der Waals surface area contributed by atoms with E-state index in [4.69, 9.17) is 0 Å². The monoisotopic (exact) mass is 200 g/mol. The Morgan fingerprint density at radius 1 is 1.46 bits per heavy atom. The third-order valence-corrected chi connectivity index (χ3v) is 2.73. The highest BCUT2D eigenvalue weighted by molar-refractivity contribution is 8.13. The zero-order valence-electron chi connectivity index (χ0n) is 8.31. The second-order valence-corrected chi connectivity index (χ2v) is 4.58. The van der Waals surface area contributed by atoms with Crippen LogP contribution in [0.15, 0.2) is 9.93 Å². The van der Waals surface area contributed by atoms with Crippen molar-refractivity contribution in [1.29, 1.82) is 0 Å². The third kappa shape index (κ3) is 3.72. The van der Waals surface area contributed by atoms with Gasteiger partial charge in [-0.3, -0.25) is 4.79 Å². The minimum absolute atomic E-state index is 0.0799. The molecule has 4 heteroatoms. The molecule has 13 heavy (non-hydrogen) atoms. The lowest BCUT2D eigenvalue weighted by atomic mass is 10.2. The zero-order chi connectivity index (χ0) is 9.84. The molecule has 0 aromatic heterocycles. The quantitative estimate of drug-likeness (QED) is 0.657. The predicted molar refractivity (Wildman–Crippen MR) is 56.1 cm³/mol. The summed E-state index contributed by atoms with van der Waals surface area (Å²) in [7, 11) is 0. The van der Waals surface area contributed by atoms with E-state index in [1.54, 1.807) is 11.8 Å². The summed E-state index contributed by atoms with van der Waals surface area (Å²) in [5.74, 6) is 0.201. The number of amides is 1. The van der Waals surface area contributed by atoms with E-state index >= 15 is 0 Å². The molecule has 0 radical (unpaired) electrons. The van der Waals surface area contributed by atoms with Crippen molar-refractivity contribution in [1.82, 2.24) is 10.6 Å². The standard InChI is InChI=1S/C9H16N2OS/c1-6(2)8(12)10-4-5-11-9-7(3)13-9/h6,11H,4-5H2,1-3H3,(H,10,12). The molecule has 74 valence electrons. The molecule has 0 aliphatic carbocycles. The Labute approximate surface area is 83.3 Å². The summed E-state index contributed by atoms with van der Waals surface area (Å²) in [5, 5.41) is 7.34. The smallest absolute Gasteiger partial charge is 0.222 e. The minimum atomic E-state index is 0.0799. The molecule has 0 atom stereocenters. The molecule has 0 aromatic rings. The van der Waals surface area contributed by atoms with Crippen molar-refractivity contribution in [3.8, 4) is 0 Å². The molecule has 0 bridgehead atoms. The Morgan fingerprint density at radius 2 is 2.08 bits per heavy atom. The third-order valence-electron chi connectivity index (χ3n) is 1.77. The van der Waals surface area contributed by atoms with E-state index in [9.17, 15) is 4.79 Å². The SMILES string of the molecule is CC1=C(NCCNC(=O)C(C)C)S1. The van der Waals surface area contributed by atoms with Crippen molar-refractivity contribution in [3.63, 3.8) is 0 Å². The first-order valence-corrected chi connectivity index (χ1v) is 5.33. The van der Waals surface area contributed by atoms with Crippen LogP contribution in [0.1, 0.15) is 20.8 Å². The summed E-state index contributed by atoms with van der Waals surface area (Å²) in [6, 6.07) is 0. The highest BCUT2D eigenvalue weighted by atomic mass is 32.2. The summed E-state index contributed by atoms with van der Waals surface area (Å²) in [5.41, 5.74) is 0. The van der Waals surface area contributed by atoms with Gasteiger partial charge in [0.15, 0.2) is 0 Å². The van der Waals surface area contributed by atoms with Gasteiger partial charge in [-0.1, -0.05) is 25.6 Å². The number of hydrogen-bond acceptors (Lipinski definition) is 3. The van der Waals surface area contributed by atoms with Gasteiger partial charge in [-0.15, -0.1) is 0 Å². The molecule has 1 aliphatic rings. The lowest BCUT2D eigenvalue weighted by Gasteiger charge is -2.07. The molecule has 1 aliphatic heterocycles. The van der Waals surface area contributed by atoms with Gasteiger partial charge in [0, 0.05) is 23.9 Å². The molecule has 1 amide bonds. The van der Waals surface area contributed by atoms with E-state index in [2.05, 4.69) is 17.6 Å². The molecule has 2 N–H and O–H groups in total. The summed E-state index contributed by atoms with van der Waals surface area (Å²) in [6.07, 6.45) is 0. The molecule has 0 fully saturated rings. The Hall–Kier alpha value is -0.640. The van der Waals surface area contributed by atoms with Crippen LogP contribution < -0.4 is 10.6 Å². The van der Waals surface area contributed by atoms with Crippen molar-refractivity contribution in [2.45, 2.75) is 20.8 Å². The van der Waals surface area contributed by atoms with E-state index in [1.165, 1.54) is 9.93 Å². The maximum atomic E-state index is 11.1. The van der Waals surface area contributed by atoms with Crippen LogP contribution in [-0.4, -0.2) is 19.0 Å². The Bertz CT molecular complexity index is 236. The number of nitrogens with one attached hydrogen (secondary N) is 2. The van der Waals surface area contributed by atoms with Crippen LogP contribution in [0.3, 0.4) is 0 Å². The first-order chi connectivity index (χ1) is 6.11. The number of rotatable bonds is 5. The van der Waals surface area contributed by atoms with Gasteiger partial charge in [0.2, 0.25) is 5.91 Å². The summed E-state index contributed by atoms with van der Waals surface area (Å²) in [4.78, 5) is 12.5. The van der Waals surface area contributed by atoms with E-state index in [-0.39, 0.29) is 11.8 Å². The number of allylic oxidation sites excluding steroid dienone is 1. The first kappa shape index (κ1) is 10.4. The van der Waals surface area contributed by atoms with Crippen molar-refractivity contribution >= 4 is 17.7 Å². The summed E-state index contributed by atoms with van der Waals surface area (Å²) in [6.45, 7) is 7.39. The van der Waals surface area contributed by atoms with Crippen LogP contribution in [0.4, 0.5) is 0 Å². The number of hydrogen-bond donors (Lipinski definition) is 2. The maximum absolute atomic E-state index is 11.1. The number of carbonyl (C=O) groups is 1. The van der Waals surface area contributed by atoms with Crippen molar-refractivity contribution < 1.29 is 4.79 Å². The van der Waals surface area contributed by atoms with E-state index in [1.807, 2.05) is 13.8 Å². The van der Waals surface area contributed by atoms with Gasteiger partial charge in [0.05, 0.1) is 5.03 Å². The zero-order valence-corrected chi connectivity index (χ0v) is 9.12. The fraction of sp³-hybridized carbons (Fsp3) is 0.667. The molecule has 0 aromatic carbocycles. The van der Waals surface area contributed by atoms with Crippen LogP contribution in [0.2, 0.25) is 0 Å². The first-order valence-electron chi connectivity index (χ1n) is 4.51. The van der Waals surface area contributed by atoms with Crippen LogP contribution in [0.5, 0.6) is 0 Å². The molecule has 3 nitrogen and oxygen atoms in total. The molecular weight excluding hydrogens is 184 g/mol. The average Bonchev–Trinajstić information content (AvgIpc) is 2.75. The molecule has 0 saturated carbocycles. The number of thioether (sulfide) groups is 1. The van der Waals surface area contributed by atoms with Crippen molar-refractivity contribution in [2.24, 2.45) is 5.92 Å². The largest absolute Gasteiger partial charge is 0.377 e. The normalized spacial score (nSPS) is 14.8. The average molecular weight is 200 g/mol. The lowest BCUT2D eigenvalue weighted by Crippen LogP contribution is -2.33. The molecule has 0 saturated heterocycles. The molecule has 1 heterocycles. The summed E-state index contributed by atoms with van der Waals surface area (Å²) < 4.78 is 0. The van der Waals surface area contributed by atoms with Gasteiger partial charge < -0.3 is 10.6 Å². The minimum Gasteiger partial charge on any atom is -0.377 e. The van der Waals surface area contributed by atoms with Crippen molar-refractivity contribution in [3.05, 3.63) is 9.93 Å². The van der Waals surface area contributed by atoms with E-state index in [0.29, 0.717) is 6.54 Å². The lowest BCUT2D eigenvalue weighted by molar-refractivity contribution is -0.123. The van der Waals surface area contributed by atoms with Crippen LogP contribution in [0, 0.1) is 5.92 Å². The van der Waals surface area contributed by atoms with Gasteiger partial charge in [0.25, 0.3) is 0 Å². The van der Waals surface area contributed by atoms with Crippen molar-refractivity contribution in [2.75, 3.05) is 13.1 Å². The predicted octanol–water partition coefficient (Wildman–Crippen LogP) is 1.28. The second kappa shape index (κ2) is 4.56. The van der Waals surface area contributed by atoms with Crippen LogP contribution >= 0.6 is 11.8 Å². The highest BCUT2D eigenvalue weighted by Crippen LogP contribution is 2.41. The Balaban J connectivity index is 1.98. The molecule has 0 unspecified atom stereocenters. The summed E-state index contributed by atoms with van der Waals surface area (Å²) >= 11 is 1.77. The molecular formula is C9H16N2OS. The van der Waals surface area contributed by atoms with Gasteiger partial charge in [0.1, 0.15) is 0 Å². The van der Waals surface area contributed by atoms with E-state index in [0.717, 1.165) is 6.54 Å². The topological polar surface area (TPSA) is 41.1 Å². The fourth-order valence-corrected chi connectivity index (χ4v) is 1.36. The maximum Gasteiger partial charge on any atom is 0.222 e. The van der Waals surface area contributed by atoms with Crippen LogP contribution in [-0.2, 0) is 4.79 Å². The van der Waals surface area contributed by atoms with Crippen LogP contribution in [0.25, 0.3) is 0 Å². The van der Waals surface area contributed by atoms with E-state index < -0.39 is 0 Å². The highest BCUT2D eigenvalue weighted by Gasteiger charge is 2.16.